The number of aromatic nitrogens is 1. The van der Waals surface area contributed by atoms with Gasteiger partial charge in [-0.2, -0.15) is 13.2 Å². The molecule has 3 rings (SSSR count). The van der Waals surface area contributed by atoms with Gasteiger partial charge in [-0.25, -0.2) is 0 Å². The molecule has 1 aromatic rings. The molecule has 1 aromatic heterocycles. The van der Waals surface area contributed by atoms with Crippen LogP contribution in [-0.4, -0.2) is 18.1 Å². The lowest BCUT2D eigenvalue weighted by Crippen LogP contribution is -2.51. The average molecular weight is 270 g/mol. The molecule has 2 nitrogen and oxygen atoms in total. The van der Waals surface area contributed by atoms with Crippen LogP contribution in [0.1, 0.15) is 30.5 Å². The maximum absolute atomic E-state index is 12.4. The standard InChI is InChI=1S/C14H17F3N2/c15-14(16,17)11-1-2-12(19-7-11)5-10-3-4-13(6-10)8-18-9-13/h1-2,7,10,18H,3-6,8-9H2. The van der Waals surface area contributed by atoms with E-state index in [1.807, 2.05) is 0 Å². The van der Waals surface area contributed by atoms with Crippen molar-refractivity contribution in [3.05, 3.63) is 29.6 Å². The predicted octanol–water partition coefficient (Wildman–Crippen LogP) is 3.03. The highest BCUT2D eigenvalue weighted by Crippen LogP contribution is 2.45. The minimum atomic E-state index is -4.29. The summed E-state index contributed by atoms with van der Waals surface area (Å²) in [6.07, 6.45) is 1.06. The Bertz CT molecular complexity index is 449. The van der Waals surface area contributed by atoms with Crippen LogP contribution < -0.4 is 5.32 Å². The zero-order valence-corrected chi connectivity index (χ0v) is 10.6. The van der Waals surface area contributed by atoms with Crippen LogP contribution in [0.4, 0.5) is 13.2 Å². The summed E-state index contributed by atoms with van der Waals surface area (Å²) in [4.78, 5) is 3.96. The second kappa shape index (κ2) is 4.47. The first-order valence-electron chi connectivity index (χ1n) is 6.70. The molecule has 1 aliphatic heterocycles. The van der Waals surface area contributed by atoms with Crippen molar-refractivity contribution in [3.63, 3.8) is 0 Å². The number of halogens is 3. The zero-order chi connectivity index (χ0) is 13.5. The van der Waals surface area contributed by atoms with Crippen molar-refractivity contribution in [3.8, 4) is 0 Å². The monoisotopic (exact) mass is 270 g/mol. The zero-order valence-electron chi connectivity index (χ0n) is 10.6. The molecular formula is C14H17F3N2. The Morgan fingerprint density at radius 2 is 2.11 bits per heavy atom. The van der Waals surface area contributed by atoms with E-state index in [4.69, 9.17) is 0 Å². The van der Waals surface area contributed by atoms with E-state index in [2.05, 4.69) is 10.3 Å². The molecule has 0 bridgehead atoms. The molecule has 1 saturated heterocycles. The molecule has 19 heavy (non-hydrogen) atoms. The summed E-state index contributed by atoms with van der Waals surface area (Å²) in [5.74, 6) is 0.575. The highest BCUT2D eigenvalue weighted by atomic mass is 19.4. The van der Waals surface area contributed by atoms with Crippen molar-refractivity contribution < 1.29 is 13.2 Å². The van der Waals surface area contributed by atoms with E-state index in [-0.39, 0.29) is 0 Å². The summed E-state index contributed by atoms with van der Waals surface area (Å²) in [6, 6.07) is 2.66. The van der Waals surface area contributed by atoms with Gasteiger partial charge in [0, 0.05) is 25.0 Å². The summed E-state index contributed by atoms with van der Waals surface area (Å²) in [6.45, 7) is 2.20. The van der Waals surface area contributed by atoms with Crippen LogP contribution in [0.2, 0.25) is 0 Å². The van der Waals surface area contributed by atoms with Crippen molar-refractivity contribution in [1.82, 2.24) is 10.3 Å². The van der Waals surface area contributed by atoms with Gasteiger partial charge < -0.3 is 5.32 Å². The normalized spacial score (nSPS) is 25.5. The second-order valence-electron chi connectivity index (χ2n) is 5.95. The predicted molar refractivity (Wildman–Crippen MR) is 65.6 cm³/mol. The summed E-state index contributed by atoms with van der Waals surface area (Å²) < 4.78 is 37.3. The Morgan fingerprint density at radius 3 is 2.58 bits per heavy atom. The third-order valence-electron chi connectivity index (χ3n) is 4.45. The molecule has 0 radical (unpaired) electrons. The fourth-order valence-electron chi connectivity index (χ4n) is 3.31. The van der Waals surface area contributed by atoms with Crippen LogP contribution in [0.25, 0.3) is 0 Å². The minimum Gasteiger partial charge on any atom is -0.316 e. The average Bonchev–Trinajstić information content (AvgIpc) is 2.73. The molecule has 5 heteroatoms. The maximum atomic E-state index is 12.4. The topological polar surface area (TPSA) is 24.9 Å². The number of rotatable bonds is 2. The SMILES string of the molecule is FC(F)(F)c1ccc(CC2CCC3(CNC3)C2)nc1. The molecule has 2 aliphatic rings. The Morgan fingerprint density at radius 1 is 1.32 bits per heavy atom. The Kier molecular flexibility index (Phi) is 3.04. The van der Waals surface area contributed by atoms with Crippen molar-refractivity contribution >= 4 is 0 Å². The van der Waals surface area contributed by atoms with Gasteiger partial charge in [0.05, 0.1) is 5.56 Å². The van der Waals surface area contributed by atoms with Crippen molar-refractivity contribution in [2.24, 2.45) is 11.3 Å². The maximum Gasteiger partial charge on any atom is 0.417 e. The van der Waals surface area contributed by atoms with Gasteiger partial charge in [-0.1, -0.05) is 0 Å². The fraction of sp³-hybridized carbons (Fsp3) is 0.643. The van der Waals surface area contributed by atoms with Gasteiger partial charge >= 0.3 is 6.18 Å². The minimum absolute atomic E-state index is 0.483. The molecule has 2 heterocycles. The molecule has 0 amide bonds. The number of alkyl halides is 3. The van der Waals surface area contributed by atoms with Crippen LogP contribution in [0.5, 0.6) is 0 Å². The van der Waals surface area contributed by atoms with Crippen molar-refractivity contribution in [2.45, 2.75) is 31.9 Å². The number of nitrogens with one attached hydrogen (secondary N) is 1. The number of pyridine rings is 1. The molecule has 1 N–H and O–H groups in total. The molecule has 2 fully saturated rings. The van der Waals surface area contributed by atoms with Crippen molar-refractivity contribution in [1.29, 1.82) is 0 Å². The lowest BCUT2D eigenvalue weighted by molar-refractivity contribution is -0.137. The van der Waals surface area contributed by atoms with E-state index >= 15 is 0 Å². The summed E-state index contributed by atoms with van der Waals surface area (Å²) >= 11 is 0. The van der Waals surface area contributed by atoms with Crippen LogP contribution in [0.3, 0.4) is 0 Å². The van der Waals surface area contributed by atoms with Gasteiger partial charge in [0.1, 0.15) is 0 Å². The Balaban J connectivity index is 1.61. The van der Waals surface area contributed by atoms with E-state index < -0.39 is 11.7 Å². The third kappa shape index (κ3) is 2.61. The Labute approximate surface area is 110 Å². The number of nitrogens with zero attached hydrogens (tertiary/aromatic N) is 1. The molecule has 1 unspecified atom stereocenters. The molecule has 1 atom stereocenters. The first kappa shape index (κ1) is 12.9. The highest BCUT2D eigenvalue weighted by molar-refractivity contribution is 5.17. The summed E-state index contributed by atoms with van der Waals surface area (Å²) in [7, 11) is 0. The molecule has 0 aromatic carbocycles. The van der Waals surface area contributed by atoms with E-state index in [9.17, 15) is 13.2 Å². The van der Waals surface area contributed by atoms with Gasteiger partial charge in [0.2, 0.25) is 0 Å². The second-order valence-corrected chi connectivity index (χ2v) is 5.95. The molecular weight excluding hydrogens is 253 g/mol. The lowest BCUT2D eigenvalue weighted by Gasteiger charge is -2.39. The quantitative estimate of drug-likeness (QED) is 0.893. The largest absolute Gasteiger partial charge is 0.417 e. The molecule has 104 valence electrons. The van der Waals surface area contributed by atoms with Crippen LogP contribution in [0, 0.1) is 11.3 Å². The highest BCUT2D eigenvalue weighted by Gasteiger charge is 2.43. The lowest BCUT2D eigenvalue weighted by atomic mass is 9.79. The summed E-state index contributed by atoms with van der Waals surface area (Å²) in [5, 5.41) is 3.31. The van der Waals surface area contributed by atoms with Gasteiger partial charge in [0.15, 0.2) is 0 Å². The third-order valence-corrected chi connectivity index (χ3v) is 4.45. The first-order valence-corrected chi connectivity index (χ1v) is 6.70. The van der Waals surface area contributed by atoms with Crippen LogP contribution in [0.15, 0.2) is 18.3 Å². The van der Waals surface area contributed by atoms with E-state index in [0.29, 0.717) is 11.3 Å². The Hall–Kier alpha value is -1.10. The number of hydrogen-bond acceptors (Lipinski definition) is 2. The van der Waals surface area contributed by atoms with Crippen molar-refractivity contribution in [2.75, 3.05) is 13.1 Å². The van der Waals surface area contributed by atoms with Gasteiger partial charge in [-0.05, 0) is 49.1 Å². The summed E-state index contributed by atoms with van der Waals surface area (Å²) in [5.41, 5.74) is 0.598. The smallest absolute Gasteiger partial charge is 0.316 e. The molecule has 1 spiro atoms. The van der Waals surface area contributed by atoms with Gasteiger partial charge in [0.25, 0.3) is 0 Å². The molecule has 1 aliphatic carbocycles. The molecule has 1 saturated carbocycles. The van der Waals surface area contributed by atoms with E-state index in [1.165, 1.54) is 25.3 Å². The van der Waals surface area contributed by atoms with Gasteiger partial charge in [-0.15, -0.1) is 0 Å². The van der Waals surface area contributed by atoms with E-state index in [0.717, 1.165) is 37.5 Å². The van der Waals surface area contributed by atoms with Crippen LogP contribution >= 0.6 is 0 Å². The van der Waals surface area contributed by atoms with Crippen LogP contribution in [-0.2, 0) is 12.6 Å². The van der Waals surface area contributed by atoms with Gasteiger partial charge in [-0.3, -0.25) is 4.98 Å². The first-order chi connectivity index (χ1) is 8.97. The van der Waals surface area contributed by atoms with E-state index in [1.54, 1.807) is 0 Å². The fourth-order valence-corrected chi connectivity index (χ4v) is 3.31. The number of hydrogen-bond donors (Lipinski definition) is 1.